The van der Waals surface area contributed by atoms with Gasteiger partial charge in [-0.3, -0.25) is 10.0 Å². The predicted molar refractivity (Wildman–Crippen MR) is 36.5 cm³/mol. The Labute approximate surface area is 54.0 Å². The van der Waals surface area contributed by atoms with Crippen molar-refractivity contribution < 1.29 is 0 Å². The number of nitrogens with zero attached hydrogens (tertiary/aromatic N) is 2. The van der Waals surface area contributed by atoms with E-state index in [0.717, 1.165) is 5.82 Å². The lowest BCUT2D eigenvalue weighted by atomic mass is 10.5. The van der Waals surface area contributed by atoms with Crippen molar-refractivity contribution in [2.24, 2.45) is 10.8 Å². The second-order valence-electron chi connectivity index (χ2n) is 1.74. The van der Waals surface area contributed by atoms with Crippen LogP contribution in [0.4, 0.5) is 0 Å². The van der Waals surface area contributed by atoms with Crippen LogP contribution >= 0.6 is 0 Å². The van der Waals surface area contributed by atoms with Crippen LogP contribution in [0.15, 0.2) is 16.9 Å². The van der Waals surface area contributed by atoms with E-state index >= 15 is 0 Å². The number of nitrogens with two attached hydrogens (primary N) is 1. The quantitative estimate of drug-likeness (QED) is 0.455. The highest BCUT2D eigenvalue weighted by Gasteiger charge is 2.02. The number of rotatable bonds is 1. The summed E-state index contributed by atoms with van der Waals surface area (Å²) in [6, 6.07) is 0. The van der Waals surface area contributed by atoms with Gasteiger partial charge in [0.2, 0.25) is 0 Å². The molecule has 1 rings (SSSR count). The number of nitrogens with one attached hydrogen (secondary N) is 1. The minimum atomic E-state index is 0.534. The SMILES string of the molecule is CNC1=CC=NCN1N. The largest absolute Gasteiger partial charge is 0.374 e. The van der Waals surface area contributed by atoms with E-state index in [9.17, 15) is 0 Å². The van der Waals surface area contributed by atoms with Gasteiger partial charge < -0.3 is 5.32 Å². The topological polar surface area (TPSA) is 53.7 Å². The Morgan fingerprint density at radius 2 is 2.67 bits per heavy atom. The molecule has 0 aliphatic carbocycles. The molecule has 9 heavy (non-hydrogen) atoms. The van der Waals surface area contributed by atoms with E-state index in [4.69, 9.17) is 5.84 Å². The van der Waals surface area contributed by atoms with Crippen molar-refractivity contribution in [3.05, 3.63) is 11.9 Å². The summed E-state index contributed by atoms with van der Waals surface area (Å²) in [4.78, 5) is 3.92. The van der Waals surface area contributed by atoms with Crippen molar-refractivity contribution in [3.8, 4) is 0 Å². The third-order valence-corrected chi connectivity index (χ3v) is 1.14. The van der Waals surface area contributed by atoms with Crippen LogP contribution in [0.1, 0.15) is 0 Å². The van der Waals surface area contributed by atoms with Crippen LogP contribution in [0.2, 0.25) is 0 Å². The average Bonchev–Trinajstić information content (AvgIpc) is 1.89. The molecular weight excluding hydrogens is 116 g/mol. The van der Waals surface area contributed by atoms with Gasteiger partial charge >= 0.3 is 0 Å². The summed E-state index contributed by atoms with van der Waals surface area (Å²) in [6.45, 7) is 0.534. The molecule has 0 bridgehead atoms. The smallest absolute Gasteiger partial charge is 0.126 e. The summed E-state index contributed by atoms with van der Waals surface area (Å²) in [7, 11) is 1.82. The third-order valence-electron chi connectivity index (χ3n) is 1.14. The molecule has 1 aliphatic heterocycles. The highest BCUT2D eigenvalue weighted by atomic mass is 15.5. The lowest BCUT2D eigenvalue weighted by Crippen LogP contribution is -2.37. The van der Waals surface area contributed by atoms with Gasteiger partial charge in [-0.2, -0.15) is 0 Å². The monoisotopic (exact) mass is 126 g/mol. The lowest BCUT2D eigenvalue weighted by molar-refractivity contribution is 0.346. The fourth-order valence-electron chi connectivity index (χ4n) is 0.657. The Bertz CT molecular complexity index is 149. The molecule has 1 aliphatic rings. The first-order chi connectivity index (χ1) is 4.34. The van der Waals surface area contributed by atoms with Gasteiger partial charge in [-0.25, -0.2) is 5.84 Å². The molecule has 0 spiro atoms. The molecule has 0 aromatic rings. The summed E-state index contributed by atoms with van der Waals surface area (Å²) in [5.41, 5.74) is 0. The molecule has 0 fully saturated rings. The van der Waals surface area contributed by atoms with Crippen molar-refractivity contribution in [1.29, 1.82) is 0 Å². The van der Waals surface area contributed by atoms with E-state index in [2.05, 4.69) is 10.3 Å². The number of hydrogen-bond donors (Lipinski definition) is 2. The van der Waals surface area contributed by atoms with Crippen LogP contribution in [-0.2, 0) is 0 Å². The average molecular weight is 126 g/mol. The van der Waals surface area contributed by atoms with Crippen LogP contribution in [0, 0.1) is 0 Å². The number of hydrazine groups is 1. The summed E-state index contributed by atoms with van der Waals surface area (Å²) >= 11 is 0. The second kappa shape index (κ2) is 2.50. The van der Waals surface area contributed by atoms with Crippen LogP contribution in [0.5, 0.6) is 0 Å². The van der Waals surface area contributed by atoms with Gasteiger partial charge in [0, 0.05) is 13.3 Å². The zero-order chi connectivity index (χ0) is 6.69. The van der Waals surface area contributed by atoms with E-state index in [-0.39, 0.29) is 0 Å². The predicted octanol–water partition coefficient (Wildman–Crippen LogP) is -0.735. The number of hydrogen-bond acceptors (Lipinski definition) is 4. The van der Waals surface area contributed by atoms with E-state index in [1.54, 1.807) is 11.2 Å². The fraction of sp³-hybridized carbons (Fsp3) is 0.400. The molecule has 0 radical (unpaired) electrons. The summed E-state index contributed by atoms with van der Waals surface area (Å²) in [5, 5.41) is 4.47. The van der Waals surface area contributed by atoms with Crippen LogP contribution in [-0.4, -0.2) is 24.9 Å². The van der Waals surface area contributed by atoms with Crippen molar-refractivity contribution >= 4 is 6.21 Å². The molecule has 4 heteroatoms. The van der Waals surface area contributed by atoms with Gasteiger partial charge in [0.15, 0.2) is 0 Å². The van der Waals surface area contributed by atoms with Crippen molar-refractivity contribution in [3.63, 3.8) is 0 Å². The Morgan fingerprint density at radius 3 is 3.11 bits per heavy atom. The van der Waals surface area contributed by atoms with Gasteiger partial charge in [0.1, 0.15) is 12.5 Å². The molecule has 0 saturated heterocycles. The van der Waals surface area contributed by atoms with Gasteiger partial charge in [-0.15, -0.1) is 0 Å². The molecule has 4 nitrogen and oxygen atoms in total. The molecule has 0 aromatic carbocycles. The normalized spacial score (nSPS) is 17.6. The van der Waals surface area contributed by atoms with E-state index < -0.39 is 0 Å². The first kappa shape index (κ1) is 6.10. The second-order valence-corrected chi connectivity index (χ2v) is 1.74. The van der Waals surface area contributed by atoms with Crippen molar-refractivity contribution in [1.82, 2.24) is 10.3 Å². The summed E-state index contributed by atoms with van der Waals surface area (Å²) in [5.74, 6) is 6.37. The zero-order valence-corrected chi connectivity index (χ0v) is 5.33. The highest BCUT2D eigenvalue weighted by molar-refractivity contribution is 5.72. The molecule has 0 saturated carbocycles. The van der Waals surface area contributed by atoms with Crippen molar-refractivity contribution in [2.75, 3.05) is 13.7 Å². The molecule has 0 aromatic heterocycles. The summed E-state index contributed by atoms with van der Waals surface area (Å²) in [6.07, 6.45) is 3.55. The molecule has 0 atom stereocenters. The molecule has 3 N–H and O–H groups in total. The molecule has 50 valence electrons. The minimum absolute atomic E-state index is 0.534. The number of aliphatic imine (C=N–C) groups is 1. The van der Waals surface area contributed by atoms with Crippen LogP contribution in [0.3, 0.4) is 0 Å². The third kappa shape index (κ3) is 1.20. The Kier molecular flexibility index (Phi) is 1.69. The fourth-order valence-corrected chi connectivity index (χ4v) is 0.657. The van der Waals surface area contributed by atoms with Gasteiger partial charge in [0.05, 0.1) is 0 Å². The van der Waals surface area contributed by atoms with E-state index in [0.29, 0.717) is 6.67 Å². The lowest BCUT2D eigenvalue weighted by Gasteiger charge is -2.20. The van der Waals surface area contributed by atoms with Crippen molar-refractivity contribution in [2.45, 2.75) is 0 Å². The zero-order valence-electron chi connectivity index (χ0n) is 5.33. The Morgan fingerprint density at radius 1 is 1.89 bits per heavy atom. The maximum atomic E-state index is 5.48. The van der Waals surface area contributed by atoms with E-state index in [1.165, 1.54) is 0 Å². The Balaban J connectivity index is 2.63. The standard InChI is InChI=1S/C5H10N4/c1-7-5-2-3-8-4-9(5)6/h2-3,7H,4,6H2,1H3. The molecule has 1 heterocycles. The van der Waals surface area contributed by atoms with Gasteiger partial charge in [-0.05, 0) is 6.08 Å². The minimum Gasteiger partial charge on any atom is -0.374 e. The maximum absolute atomic E-state index is 5.48. The highest BCUT2D eigenvalue weighted by Crippen LogP contribution is 1.95. The van der Waals surface area contributed by atoms with Gasteiger partial charge in [-0.1, -0.05) is 0 Å². The van der Waals surface area contributed by atoms with Crippen LogP contribution < -0.4 is 11.2 Å². The van der Waals surface area contributed by atoms with Crippen LogP contribution in [0.25, 0.3) is 0 Å². The first-order valence-corrected chi connectivity index (χ1v) is 2.74. The Hall–Kier alpha value is -1.03. The molecular formula is C5H10N4. The first-order valence-electron chi connectivity index (χ1n) is 2.74. The molecule has 0 unspecified atom stereocenters. The molecule has 0 amide bonds. The van der Waals surface area contributed by atoms with E-state index in [1.807, 2.05) is 13.1 Å². The van der Waals surface area contributed by atoms with Gasteiger partial charge in [0.25, 0.3) is 0 Å². The maximum Gasteiger partial charge on any atom is 0.126 e. The number of allylic oxidation sites excluding steroid dienone is 1. The summed E-state index contributed by atoms with van der Waals surface area (Å²) < 4.78 is 0.